The molecule has 21 heavy (non-hydrogen) atoms. The smallest absolute Gasteiger partial charge is 0.124 e. The normalized spacial score (nSPS) is 17.4. The first-order valence-corrected chi connectivity index (χ1v) is 7.02. The average molecular weight is 289 g/mol. The summed E-state index contributed by atoms with van der Waals surface area (Å²) in [5, 5.41) is 16.2. The third kappa shape index (κ3) is 3.61. The number of phenols is 1. The molecule has 2 rings (SSSR count). The van der Waals surface area contributed by atoms with Crippen molar-refractivity contribution in [2.75, 3.05) is 33.2 Å². The molecule has 6 nitrogen and oxygen atoms in total. The average Bonchev–Trinajstić information content (AvgIpc) is 2.53. The number of nitrogens with one attached hydrogen (secondary N) is 2. The van der Waals surface area contributed by atoms with Crippen molar-refractivity contribution in [3.8, 4) is 5.75 Å². The molecule has 1 aromatic carbocycles. The molecule has 1 fully saturated rings. The summed E-state index contributed by atoms with van der Waals surface area (Å²) < 4.78 is 0. The maximum atomic E-state index is 9.89. The van der Waals surface area contributed by atoms with Crippen LogP contribution >= 0.6 is 0 Å². The van der Waals surface area contributed by atoms with Gasteiger partial charge in [-0.2, -0.15) is 0 Å². The zero-order chi connectivity index (χ0) is 15.2. The number of phenolic OH excluding ortho intramolecular Hbond substituents is 1. The van der Waals surface area contributed by atoms with E-state index >= 15 is 0 Å². The van der Waals surface area contributed by atoms with E-state index in [1.54, 1.807) is 25.2 Å². The third-order valence-electron chi connectivity index (χ3n) is 3.51. The van der Waals surface area contributed by atoms with Crippen LogP contribution in [-0.4, -0.2) is 43.2 Å². The van der Waals surface area contributed by atoms with E-state index in [2.05, 4.69) is 15.5 Å². The number of hydrogen-bond acceptors (Lipinski definition) is 6. The largest absolute Gasteiger partial charge is 0.507 e. The lowest BCUT2D eigenvalue weighted by Crippen LogP contribution is -2.44. The molecular weight excluding hydrogens is 266 g/mol. The highest BCUT2D eigenvalue weighted by molar-refractivity contribution is 5.69. The number of allylic oxidation sites excluding steroid dienone is 1. The molecule has 0 amide bonds. The van der Waals surface area contributed by atoms with Gasteiger partial charge in [0.1, 0.15) is 11.6 Å². The fourth-order valence-electron chi connectivity index (χ4n) is 2.32. The Bertz CT molecular complexity index is 547. The van der Waals surface area contributed by atoms with Gasteiger partial charge in [-0.25, -0.2) is 0 Å². The predicted molar refractivity (Wildman–Crippen MR) is 85.0 cm³/mol. The van der Waals surface area contributed by atoms with Crippen molar-refractivity contribution in [3.63, 3.8) is 0 Å². The number of piperazine rings is 1. The summed E-state index contributed by atoms with van der Waals surface area (Å²) in [7, 11) is 1.78. The van der Waals surface area contributed by atoms with Gasteiger partial charge in [-0.15, -0.1) is 0 Å². The molecule has 0 unspecified atom stereocenters. The zero-order valence-electron chi connectivity index (χ0n) is 12.3. The number of nitrogens with two attached hydrogens (primary N) is 2. The molecule has 1 aromatic rings. The molecule has 0 bridgehead atoms. The quantitative estimate of drug-likeness (QED) is 0.498. The van der Waals surface area contributed by atoms with Gasteiger partial charge in [0.05, 0.1) is 5.70 Å². The Kier molecular flexibility index (Phi) is 4.94. The van der Waals surface area contributed by atoms with Crippen LogP contribution in [0.4, 0.5) is 0 Å². The third-order valence-corrected chi connectivity index (χ3v) is 3.51. The lowest BCUT2D eigenvalue weighted by atomic mass is 10.1. The molecule has 1 saturated heterocycles. The lowest BCUT2D eigenvalue weighted by molar-refractivity contribution is 0.303. The summed E-state index contributed by atoms with van der Waals surface area (Å²) in [6, 6.07) is 7.00. The van der Waals surface area contributed by atoms with E-state index in [9.17, 15) is 5.11 Å². The molecule has 0 aromatic heterocycles. The van der Waals surface area contributed by atoms with Crippen molar-refractivity contribution in [3.05, 3.63) is 47.4 Å². The molecule has 0 saturated carbocycles. The van der Waals surface area contributed by atoms with Gasteiger partial charge < -0.3 is 32.1 Å². The lowest BCUT2D eigenvalue weighted by Gasteiger charge is -2.31. The molecule has 1 aliphatic heterocycles. The summed E-state index contributed by atoms with van der Waals surface area (Å²) in [6.07, 6.45) is 1.81. The molecule has 7 N–H and O–H groups in total. The number of benzene rings is 1. The van der Waals surface area contributed by atoms with Crippen molar-refractivity contribution in [2.45, 2.75) is 0 Å². The van der Waals surface area contributed by atoms with E-state index in [4.69, 9.17) is 11.5 Å². The van der Waals surface area contributed by atoms with Gasteiger partial charge in [-0.3, -0.25) is 0 Å². The summed E-state index contributed by atoms with van der Waals surface area (Å²) in [5.41, 5.74) is 14.1. The number of aromatic hydroxyl groups is 1. The minimum atomic E-state index is 0.161. The van der Waals surface area contributed by atoms with Crippen LogP contribution < -0.4 is 22.1 Å². The van der Waals surface area contributed by atoms with Crippen molar-refractivity contribution < 1.29 is 5.11 Å². The van der Waals surface area contributed by atoms with Crippen LogP contribution in [0.2, 0.25) is 0 Å². The van der Waals surface area contributed by atoms with Crippen molar-refractivity contribution >= 4 is 5.70 Å². The van der Waals surface area contributed by atoms with E-state index in [0.29, 0.717) is 17.1 Å². The highest BCUT2D eigenvalue weighted by atomic mass is 16.3. The zero-order valence-corrected chi connectivity index (χ0v) is 12.3. The standard InChI is InChI=1S/C15H23N5O/c1-18-15(17)13(20-8-6-19-7-9-20)10-12(16)11-4-2-3-5-14(11)21/h2-5,10,18-19,21H,6-9,16-17H2,1H3/b12-10-,15-13-. The topological polar surface area (TPSA) is 99.6 Å². The van der Waals surface area contributed by atoms with Crippen molar-refractivity contribution in [2.24, 2.45) is 11.5 Å². The first-order chi connectivity index (χ1) is 10.1. The van der Waals surface area contributed by atoms with Gasteiger partial charge >= 0.3 is 0 Å². The fraction of sp³-hybridized carbons (Fsp3) is 0.333. The van der Waals surface area contributed by atoms with Gasteiger partial charge in [-0.1, -0.05) is 12.1 Å². The van der Waals surface area contributed by atoms with Crippen molar-refractivity contribution in [1.82, 2.24) is 15.5 Å². The second kappa shape index (κ2) is 6.90. The minimum Gasteiger partial charge on any atom is -0.507 e. The molecule has 0 aliphatic carbocycles. The summed E-state index contributed by atoms with van der Waals surface area (Å²) in [4.78, 5) is 2.18. The van der Waals surface area contributed by atoms with Crippen LogP contribution in [0.5, 0.6) is 5.75 Å². The first kappa shape index (κ1) is 15.1. The van der Waals surface area contributed by atoms with Gasteiger partial charge in [-0.05, 0) is 18.2 Å². The van der Waals surface area contributed by atoms with E-state index < -0.39 is 0 Å². The Labute approximate surface area is 125 Å². The van der Waals surface area contributed by atoms with E-state index in [-0.39, 0.29) is 5.75 Å². The maximum Gasteiger partial charge on any atom is 0.124 e. The Balaban J connectivity index is 2.34. The van der Waals surface area contributed by atoms with Crippen molar-refractivity contribution in [1.29, 1.82) is 0 Å². The predicted octanol–water partition coefficient (Wildman–Crippen LogP) is -0.0558. The molecule has 114 valence electrons. The second-order valence-corrected chi connectivity index (χ2v) is 4.90. The van der Waals surface area contributed by atoms with E-state index in [1.807, 2.05) is 12.1 Å². The van der Waals surface area contributed by atoms with Gasteiger partial charge in [0.2, 0.25) is 0 Å². The number of hydrogen-bond donors (Lipinski definition) is 5. The molecule has 0 radical (unpaired) electrons. The minimum absolute atomic E-state index is 0.161. The Morgan fingerprint density at radius 1 is 1.29 bits per heavy atom. The van der Waals surface area contributed by atoms with Crippen LogP contribution in [-0.2, 0) is 0 Å². The molecule has 0 atom stereocenters. The first-order valence-electron chi connectivity index (χ1n) is 7.02. The second-order valence-electron chi connectivity index (χ2n) is 4.90. The SMILES string of the molecule is CN/C(N)=C(/C=C(\N)c1ccccc1O)N1CCNCC1. The number of rotatable bonds is 4. The summed E-state index contributed by atoms with van der Waals surface area (Å²) in [5.74, 6) is 0.726. The Morgan fingerprint density at radius 3 is 2.57 bits per heavy atom. The molecule has 1 heterocycles. The van der Waals surface area contributed by atoms with Crippen LogP contribution in [0, 0.1) is 0 Å². The Hall–Kier alpha value is -2.34. The van der Waals surface area contributed by atoms with Gasteiger partial charge in [0.25, 0.3) is 0 Å². The molecule has 6 heteroatoms. The maximum absolute atomic E-state index is 9.89. The summed E-state index contributed by atoms with van der Waals surface area (Å²) in [6.45, 7) is 3.54. The highest BCUT2D eigenvalue weighted by Gasteiger charge is 2.15. The van der Waals surface area contributed by atoms with Crippen LogP contribution in [0.3, 0.4) is 0 Å². The van der Waals surface area contributed by atoms with Gasteiger partial charge in [0.15, 0.2) is 0 Å². The highest BCUT2D eigenvalue weighted by Crippen LogP contribution is 2.23. The van der Waals surface area contributed by atoms with Gasteiger partial charge in [0, 0.05) is 44.5 Å². The van der Waals surface area contributed by atoms with E-state index in [1.165, 1.54) is 0 Å². The Morgan fingerprint density at radius 2 is 1.95 bits per heavy atom. The van der Waals surface area contributed by atoms with Crippen LogP contribution in [0.1, 0.15) is 5.56 Å². The number of para-hydroxylation sites is 1. The molecule has 1 aliphatic rings. The molecule has 0 spiro atoms. The van der Waals surface area contributed by atoms with Crippen LogP contribution in [0.25, 0.3) is 5.70 Å². The number of nitrogens with zero attached hydrogens (tertiary/aromatic N) is 1. The molecular formula is C15H23N5O. The fourth-order valence-corrected chi connectivity index (χ4v) is 2.32. The van der Waals surface area contributed by atoms with E-state index in [0.717, 1.165) is 31.9 Å². The van der Waals surface area contributed by atoms with Crippen LogP contribution in [0.15, 0.2) is 41.9 Å². The monoisotopic (exact) mass is 289 g/mol. The summed E-state index contributed by atoms with van der Waals surface area (Å²) >= 11 is 0.